The standard InChI is InChI=1S/C10H14N2O3/c1-8(9-3-2-4-11-7-9)12-10(14)15-6-5-13/h2-4,7-8,13H,5-6H2,1H3,(H,12,14)/t8-/m1/s1. The second-order valence-electron chi connectivity index (χ2n) is 3.01. The van der Waals surface area contributed by atoms with Gasteiger partial charge in [0.1, 0.15) is 6.61 Å². The molecular weight excluding hydrogens is 196 g/mol. The number of rotatable bonds is 4. The minimum atomic E-state index is -0.541. The van der Waals surface area contributed by atoms with Gasteiger partial charge in [-0.05, 0) is 18.6 Å². The Morgan fingerprint density at radius 3 is 3.13 bits per heavy atom. The third-order valence-corrected chi connectivity index (χ3v) is 1.84. The molecule has 0 aliphatic rings. The lowest BCUT2D eigenvalue weighted by Crippen LogP contribution is -2.28. The van der Waals surface area contributed by atoms with Crippen LogP contribution in [0.2, 0.25) is 0 Å². The molecule has 2 N–H and O–H groups in total. The highest BCUT2D eigenvalue weighted by atomic mass is 16.6. The molecule has 1 amide bonds. The number of carbonyl (C=O) groups is 1. The second kappa shape index (κ2) is 5.98. The van der Waals surface area contributed by atoms with Gasteiger partial charge in [0.05, 0.1) is 12.6 Å². The van der Waals surface area contributed by atoms with Gasteiger partial charge >= 0.3 is 6.09 Å². The number of hydrogen-bond donors (Lipinski definition) is 2. The Balaban J connectivity index is 2.42. The smallest absolute Gasteiger partial charge is 0.407 e. The Bertz CT molecular complexity index is 303. The van der Waals surface area contributed by atoms with Crippen molar-refractivity contribution in [2.75, 3.05) is 13.2 Å². The number of aliphatic hydroxyl groups is 1. The molecule has 0 unspecified atom stereocenters. The summed E-state index contributed by atoms with van der Waals surface area (Å²) in [5.41, 5.74) is 0.901. The first-order valence-electron chi connectivity index (χ1n) is 4.68. The molecule has 1 rings (SSSR count). The summed E-state index contributed by atoms with van der Waals surface area (Å²) in [5, 5.41) is 11.1. The van der Waals surface area contributed by atoms with Gasteiger partial charge in [-0.2, -0.15) is 0 Å². The van der Waals surface area contributed by atoms with E-state index in [0.717, 1.165) is 5.56 Å². The van der Waals surface area contributed by atoms with Gasteiger partial charge in [0.2, 0.25) is 0 Å². The Labute approximate surface area is 88.1 Å². The lowest BCUT2D eigenvalue weighted by molar-refractivity contribution is 0.116. The molecule has 0 aliphatic heterocycles. The van der Waals surface area contributed by atoms with Crippen molar-refractivity contribution in [2.45, 2.75) is 13.0 Å². The van der Waals surface area contributed by atoms with Crippen LogP contribution in [-0.4, -0.2) is 29.4 Å². The number of pyridine rings is 1. The van der Waals surface area contributed by atoms with E-state index in [9.17, 15) is 4.79 Å². The van der Waals surface area contributed by atoms with Crippen molar-refractivity contribution in [3.8, 4) is 0 Å². The maximum atomic E-state index is 11.1. The summed E-state index contributed by atoms with van der Waals surface area (Å²) in [6, 6.07) is 3.50. The molecule has 5 heteroatoms. The molecule has 0 spiro atoms. The number of alkyl carbamates (subject to hydrolysis) is 1. The summed E-state index contributed by atoms with van der Waals surface area (Å²) < 4.78 is 4.66. The van der Waals surface area contributed by atoms with Crippen molar-refractivity contribution in [2.24, 2.45) is 0 Å². The molecule has 1 aromatic heterocycles. The normalized spacial score (nSPS) is 11.9. The van der Waals surface area contributed by atoms with E-state index in [2.05, 4.69) is 15.0 Å². The molecule has 15 heavy (non-hydrogen) atoms. The Kier molecular flexibility index (Phi) is 4.56. The summed E-state index contributed by atoms with van der Waals surface area (Å²) in [6.07, 6.45) is 2.80. The number of ether oxygens (including phenoxy) is 1. The molecule has 0 bridgehead atoms. The Morgan fingerprint density at radius 2 is 2.53 bits per heavy atom. The highest BCUT2D eigenvalue weighted by molar-refractivity contribution is 5.67. The van der Waals surface area contributed by atoms with Crippen molar-refractivity contribution in [3.63, 3.8) is 0 Å². The first-order valence-corrected chi connectivity index (χ1v) is 4.68. The average Bonchev–Trinajstić information content (AvgIpc) is 2.27. The van der Waals surface area contributed by atoms with Crippen molar-refractivity contribution in [1.82, 2.24) is 10.3 Å². The molecule has 0 saturated carbocycles. The van der Waals surface area contributed by atoms with Crippen molar-refractivity contribution < 1.29 is 14.6 Å². The maximum absolute atomic E-state index is 11.1. The van der Waals surface area contributed by atoms with Crippen LogP contribution < -0.4 is 5.32 Å². The van der Waals surface area contributed by atoms with E-state index in [1.807, 2.05) is 13.0 Å². The Hall–Kier alpha value is -1.62. The van der Waals surface area contributed by atoms with Crippen LogP contribution in [0.15, 0.2) is 24.5 Å². The zero-order chi connectivity index (χ0) is 11.1. The fourth-order valence-electron chi connectivity index (χ4n) is 1.07. The van der Waals surface area contributed by atoms with E-state index in [1.165, 1.54) is 0 Å². The fraction of sp³-hybridized carbons (Fsp3) is 0.400. The van der Waals surface area contributed by atoms with Gasteiger partial charge in [0.15, 0.2) is 0 Å². The summed E-state index contributed by atoms with van der Waals surface area (Å²) in [6.45, 7) is 1.66. The van der Waals surface area contributed by atoms with E-state index in [1.54, 1.807) is 18.5 Å². The van der Waals surface area contributed by atoms with E-state index < -0.39 is 6.09 Å². The predicted molar refractivity (Wildman–Crippen MR) is 54.2 cm³/mol. The maximum Gasteiger partial charge on any atom is 0.407 e. The predicted octanol–water partition coefficient (Wildman–Crippen LogP) is 0.861. The average molecular weight is 210 g/mol. The summed E-state index contributed by atoms with van der Waals surface area (Å²) in [5.74, 6) is 0. The first kappa shape index (κ1) is 11.5. The van der Waals surface area contributed by atoms with E-state index in [0.29, 0.717) is 0 Å². The molecule has 0 aliphatic carbocycles. The number of carbonyl (C=O) groups excluding carboxylic acids is 1. The van der Waals surface area contributed by atoms with Crippen LogP contribution in [0.1, 0.15) is 18.5 Å². The zero-order valence-electron chi connectivity index (χ0n) is 8.51. The third-order valence-electron chi connectivity index (χ3n) is 1.84. The first-order chi connectivity index (χ1) is 7.24. The summed E-state index contributed by atoms with van der Waals surface area (Å²) in [4.78, 5) is 15.1. The molecule has 82 valence electrons. The fourth-order valence-corrected chi connectivity index (χ4v) is 1.07. The number of nitrogens with one attached hydrogen (secondary N) is 1. The highest BCUT2D eigenvalue weighted by Crippen LogP contribution is 2.09. The third kappa shape index (κ3) is 3.95. The molecule has 0 saturated heterocycles. The minimum absolute atomic E-state index is 0.00555. The van der Waals surface area contributed by atoms with Gasteiger partial charge in [0.25, 0.3) is 0 Å². The SMILES string of the molecule is C[C@@H](NC(=O)OCCO)c1cccnc1. The zero-order valence-corrected chi connectivity index (χ0v) is 8.51. The number of hydrogen-bond acceptors (Lipinski definition) is 4. The van der Waals surface area contributed by atoms with Crippen LogP contribution in [0.4, 0.5) is 4.79 Å². The summed E-state index contributed by atoms with van der Waals surface area (Å²) >= 11 is 0. The van der Waals surface area contributed by atoms with Crippen molar-refractivity contribution in [3.05, 3.63) is 30.1 Å². The highest BCUT2D eigenvalue weighted by Gasteiger charge is 2.09. The quantitative estimate of drug-likeness (QED) is 0.773. The van der Waals surface area contributed by atoms with Crippen molar-refractivity contribution >= 4 is 6.09 Å². The number of nitrogens with zero attached hydrogens (tertiary/aromatic N) is 1. The van der Waals surface area contributed by atoms with Crippen LogP contribution in [0.25, 0.3) is 0 Å². The lowest BCUT2D eigenvalue weighted by Gasteiger charge is -2.13. The van der Waals surface area contributed by atoms with Crippen LogP contribution in [0.5, 0.6) is 0 Å². The molecular formula is C10H14N2O3. The van der Waals surface area contributed by atoms with Crippen LogP contribution in [-0.2, 0) is 4.74 Å². The minimum Gasteiger partial charge on any atom is -0.447 e. The van der Waals surface area contributed by atoms with Crippen molar-refractivity contribution in [1.29, 1.82) is 0 Å². The van der Waals surface area contributed by atoms with Gasteiger partial charge < -0.3 is 15.2 Å². The van der Waals surface area contributed by atoms with Gasteiger partial charge in [-0.25, -0.2) is 4.79 Å². The number of aromatic nitrogens is 1. The molecule has 1 atom stereocenters. The molecule has 0 radical (unpaired) electrons. The van der Waals surface area contributed by atoms with E-state index >= 15 is 0 Å². The number of aliphatic hydroxyl groups excluding tert-OH is 1. The Morgan fingerprint density at radius 1 is 1.73 bits per heavy atom. The van der Waals surface area contributed by atoms with Crippen LogP contribution >= 0.6 is 0 Å². The van der Waals surface area contributed by atoms with Crippen LogP contribution in [0, 0.1) is 0 Å². The van der Waals surface area contributed by atoms with Gasteiger partial charge in [-0.15, -0.1) is 0 Å². The largest absolute Gasteiger partial charge is 0.447 e. The van der Waals surface area contributed by atoms with Gasteiger partial charge in [-0.1, -0.05) is 6.07 Å². The molecule has 0 fully saturated rings. The van der Waals surface area contributed by atoms with Gasteiger partial charge in [-0.3, -0.25) is 4.98 Å². The molecule has 5 nitrogen and oxygen atoms in total. The second-order valence-corrected chi connectivity index (χ2v) is 3.01. The van der Waals surface area contributed by atoms with Crippen LogP contribution in [0.3, 0.4) is 0 Å². The lowest BCUT2D eigenvalue weighted by atomic mass is 10.1. The summed E-state index contributed by atoms with van der Waals surface area (Å²) in [7, 11) is 0. The molecule has 0 aromatic carbocycles. The topological polar surface area (TPSA) is 71.5 Å². The molecule has 1 heterocycles. The van der Waals surface area contributed by atoms with Gasteiger partial charge in [0, 0.05) is 12.4 Å². The number of amides is 1. The van der Waals surface area contributed by atoms with E-state index in [4.69, 9.17) is 5.11 Å². The monoisotopic (exact) mass is 210 g/mol. The molecule has 1 aromatic rings. The van der Waals surface area contributed by atoms with E-state index in [-0.39, 0.29) is 19.3 Å².